The monoisotopic (exact) mass is 221 g/mol. The molecule has 1 rings (SSSR count). The smallest absolute Gasteiger partial charge is 0.259 e. The molecule has 0 unspecified atom stereocenters. The fraction of sp³-hybridized carbons (Fsp3) is 0.222. The lowest BCUT2D eigenvalue weighted by Gasteiger charge is -2.02. The molecule has 0 saturated carbocycles. The van der Waals surface area contributed by atoms with Gasteiger partial charge >= 0.3 is 6.17 Å². The van der Waals surface area contributed by atoms with Crippen molar-refractivity contribution in [1.29, 1.82) is 5.26 Å². The third-order valence-electron chi connectivity index (χ3n) is 1.99. The van der Waals surface area contributed by atoms with Crippen LogP contribution in [0.4, 0.5) is 0 Å². The Morgan fingerprint density at radius 3 is 2.06 bits per heavy atom. The highest BCUT2D eigenvalue weighted by atomic mass is 16.7. The van der Waals surface area contributed by atoms with Gasteiger partial charge in [0, 0.05) is 0 Å². The van der Waals surface area contributed by atoms with Crippen molar-refractivity contribution in [2.75, 3.05) is 0 Å². The van der Waals surface area contributed by atoms with E-state index in [0.29, 0.717) is 11.1 Å². The van der Waals surface area contributed by atoms with Crippen molar-refractivity contribution in [3.05, 3.63) is 55.6 Å². The summed E-state index contributed by atoms with van der Waals surface area (Å²) in [6, 6.07) is 7.76. The normalized spacial score (nSPS) is 9.75. The van der Waals surface area contributed by atoms with Crippen LogP contribution >= 0.6 is 0 Å². The van der Waals surface area contributed by atoms with E-state index < -0.39 is 16.0 Å². The molecule has 0 amide bonds. The van der Waals surface area contributed by atoms with Gasteiger partial charge in [-0.1, -0.05) is 12.1 Å². The number of benzene rings is 1. The summed E-state index contributed by atoms with van der Waals surface area (Å²) in [6.45, 7) is 0. The molecule has 0 fully saturated rings. The number of nitriles is 1. The maximum absolute atomic E-state index is 10.4. The van der Waals surface area contributed by atoms with Crippen molar-refractivity contribution in [2.24, 2.45) is 0 Å². The van der Waals surface area contributed by atoms with Crippen molar-refractivity contribution in [2.45, 2.75) is 12.6 Å². The molecule has 0 aliphatic carbocycles. The average molecular weight is 221 g/mol. The van der Waals surface area contributed by atoms with Gasteiger partial charge in [0.25, 0.3) is 0 Å². The van der Waals surface area contributed by atoms with E-state index in [2.05, 4.69) is 0 Å². The summed E-state index contributed by atoms with van der Waals surface area (Å²) in [5.74, 6) is 0. The van der Waals surface area contributed by atoms with Crippen molar-refractivity contribution >= 4 is 0 Å². The van der Waals surface area contributed by atoms with Gasteiger partial charge in [-0.15, -0.1) is 0 Å². The molecule has 1 aromatic carbocycles. The predicted octanol–water partition coefficient (Wildman–Crippen LogP) is 0.980. The Labute approximate surface area is 90.2 Å². The van der Waals surface area contributed by atoms with Crippen molar-refractivity contribution in [3.63, 3.8) is 0 Å². The van der Waals surface area contributed by atoms with Crippen molar-refractivity contribution in [1.82, 2.24) is 0 Å². The molecule has 0 atom stereocenters. The highest BCUT2D eigenvalue weighted by Crippen LogP contribution is 2.08. The molecule has 1 aromatic rings. The highest BCUT2D eigenvalue weighted by molar-refractivity contribution is 5.31. The lowest BCUT2D eigenvalue weighted by atomic mass is 10.1. The topological polar surface area (TPSA) is 110 Å². The van der Waals surface area contributed by atoms with Gasteiger partial charge in [-0.25, -0.2) is 0 Å². The lowest BCUT2D eigenvalue weighted by Crippen LogP contribution is -2.30. The second-order valence-electron chi connectivity index (χ2n) is 3.06. The first-order valence-corrected chi connectivity index (χ1v) is 4.30. The van der Waals surface area contributed by atoms with E-state index in [1.165, 1.54) is 24.3 Å². The van der Waals surface area contributed by atoms with Gasteiger partial charge in [0.05, 0.1) is 21.5 Å². The van der Waals surface area contributed by atoms with Crippen molar-refractivity contribution < 1.29 is 9.85 Å². The molecule has 0 saturated heterocycles. The van der Waals surface area contributed by atoms with Crippen LogP contribution in [0, 0.1) is 31.6 Å². The first kappa shape index (κ1) is 11.6. The van der Waals surface area contributed by atoms with E-state index in [4.69, 9.17) is 5.26 Å². The molecule has 0 bridgehead atoms. The predicted molar refractivity (Wildman–Crippen MR) is 52.6 cm³/mol. The number of hydrogen-bond acceptors (Lipinski definition) is 5. The van der Waals surface area contributed by atoms with Gasteiger partial charge in [-0.05, 0) is 17.7 Å². The Hall–Kier alpha value is -2.49. The summed E-state index contributed by atoms with van der Waals surface area (Å²) >= 11 is 0. The van der Waals surface area contributed by atoms with Crippen LogP contribution in [0.5, 0.6) is 0 Å². The minimum Gasteiger partial charge on any atom is -0.259 e. The third kappa shape index (κ3) is 2.75. The van der Waals surface area contributed by atoms with Gasteiger partial charge in [0.15, 0.2) is 0 Å². The highest BCUT2D eigenvalue weighted by Gasteiger charge is 2.31. The largest absolute Gasteiger partial charge is 0.454 e. The fourth-order valence-corrected chi connectivity index (χ4v) is 1.15. The Kier molecular flexibility index (Phi) is 3.50. The zero-order chi connectivity index (χ0) is 12.1. The molecule has 16 heavy (non-hydrogen) atoms. The minimum atomic E-state index is -1.84. The third-order valence-corrected chi connectivity index (χ3v) is 1.99. The first-order valence-electron chi connectivity index (χ1n) is 4.30. The molecule has 0 radical (unpaired) electrons. The van der Waals surface area contributed by atoms with Crippen LogP contribution in [0.15, 0.2) is 24.3 Å². The summed E-state index contributed by atoms with van der Waals surface area (Å²) in [6.07, 6.45) is -2.13. The second kappa shape index (κ2) is 4.84. The average Bonchev–Trinajstić information content (AvgIpc) is 2.25. The molecule has 7 nitrogen and oxygen atoms in total. The van der Waals surface area contributed by atoms with Crippen LogP contribution in [0.1, 0.15) is 11.1 Å². The maximum atomic E-state index is 10.4. The van der Waals surface area contributed by atoms with Crippen LogP contribution in [0.25, 0.3) is 0 Å². The van der Waals surface area contributed by atoms with Gasteiger partial charge in [-0.2, -0.15) is 5.26 Å². The summed E-state index contributed by atoms with van der Waals surface area (Å²) < 4.78 is 0. The summed E-state index contributed by atoms with van der Waals surface area (Å²) in [7, 11) is 0. The Morgan fingerprint density at radius 1 is 1.19 bits per heavy atom. The molecule has 0 aliphatic rings. The van der Waals surface area contributed by atoms with Gasteiger partial charge in [0.2, 0.25) is 0 Å². The standard InChI is InChI=1S/C9H7N3O4/c10-6-8-3-1-7(2-4-8)5-9(11(13)14)12(15)16/h1-4,9H,5H2. The fourth-order valence-electron chi connectivity index (χ4n) is 1.15. The quantitative estimate of drug-likeness (QED) is 0.427. The van der Waals surface area contributed by atoms with E-state index in [-0.39, 0.29) is 6.42 Å². The molecule has 0 spiro atoms. The molecule has 0 aromatic heterocycles. The molecule has 0 N–H and O–H groups in total. The molecule has 0 aliphatic heterocycles. The molecular weight excluding hydrogens is 214 g/mol. The SMILES string of the molecule is N#Cc1ccc(CC([N+](=O)[O-])[N+](=O)[O-])cc1. The van der Waals surface area contributed by atoms with Gasteiger partial charge < -0.3 is 0 Å². The first-order chi connectivity index (χ1) is 7.54. The Balaban J connectivity index is 2.83. The number of rotatable bonds is 4. The second-order valence-corrected chi connectivity index (χ2v) is 3.06. The maximum Gasteiger partial charge on any atom is 0.454 e. The van der Waals surface area contributed by atoms with E-state index in [0.717, 1.165) is 0 Å². The van der Waals surface area contributed by atoms with Gasteiger partial charge in [-0.3, -0.25) is 20.2 Å². The molecule has 7 heteroatoms. The Morgan fingerprint density at radius 2 is 1.69 bits per heavy atom. The summed E-state index contributed by atoms with van der Waals surface area (Å²) in [5.41, 5.74) is 0.861. The summed E-state index contributed by atoms with van der Waals surface area (Å²) in [5, 5.41) is 29.3. The van der Waals surface area contributed by atoms with Crippen molar-refractivity contribution in [3.8, 4) is 6.07 Å². The minimum absolute atomic E-state index is 0.286. The molecule has 0 heterocycles. The van der Waals surface area contributed by atoms with E-state index in [1.807, 2.05) is 6.07 Å². The van der Waals surface area contributed by atoms with E-state index >= 15 is 0 Å². The lowest BCUT2D eigenvalue weighted by molar-refractivity contribution is -0.741. The Bertz CT molecular complexity index is 435. The zero-order valence-electron chi connectivity index (χ0n) is 8.07. The number of nitro groups is 2. The van der Waals surface area contributed by atoms with Crippen LogP contribution < -0.4 is 0 Å². The zero-order valence-corrected chi connectivity index (χ0v) is 8.07. The molecular formula is C9H7N3O4. The number of nitrogens with zero attached hydrogens (tertiary/aromatic N) is 3. The van der Waals surface area contributed by atoms with E-state index in [9.17, 15) is 20.2 Å². The molecule has 82 valence electrons. The summed E-state index contributed by atoms with van der Waals surface area (Å²) in [4.78, 5) is 18.9. The number of hydrogen-bond donors (Lipinski definition) is 0. The van der Waals surface area contributed by atoms with Crippen LogP contribution in [-0.4, -0.2) is 16.0 Å². The van der Waals surface area contributed by atoms with Crippen LogP contribution in [0.2, 0.25) is 0 Å². The van der Waals surface area contributed by atoms with E-state index in [1.54, 1.807) is 0 Å². The van der Waals surface area contributed by atoms with Gasteiger partial charge in [0.1, 0.15) is 6.42 Å². The van der Waals surface area contributed by atoms with Crippen LogP contribution in [-0.2, 0) is 6.42 Å². The van der Waals surface area contributed by atoms with Crippen LogP contribution in [0.3, 0.4) is 0 Å².